The van der Waals surface area contributed by atoms with Gasteiger partial charge in [-0.25, -0.2) is 10.4 Å². The second-order valence-corrected chi connectivity index (χ2v) is 6.03. The number of benzene rings is 2. The maximum atomic E-state index is 11.9. The quantitative estimate of drug-likeness (QED) is 0.425. The average molecular weight is 340 g/mol. The number of carbonyl (C=O) groups excluding carboxylic acids is 1. The highest BCUT2D eigenvalue weighted by atomic mass is 32.2. The van der Waals surface area contributed by atoms with Crippen LogP contribution >= 0.6 is 11.8 Å². The van der Waals surface area contributed by atoms with Crippen LogP contribution in [0.5, 0.6) is 5.75 Å². The van der Waals surface area contributed by atoms with Crippen LogP contribution in [0.15, 0.2) is 58.8 Å². The summed E-state index contributed by atoms with van der Waals surface area (Å²) in [5.41, 5.74) is 4.91. The van der Waals surface area contributed by atoms with Crippen molar-refractivity contribution >= 4 is 34.9 Å². The first kappa shape index (κ1) is 16.1. The summed E-state index contributed by atoms with van der Waals surface area (Å²) in [4.78, 5) is 16.4. The summed E-state index contributed by atoms with van der Waals surface area (Å²) >= 11 is 1.35. The number of nitrogens with one attached hydrogen (secondary N) is 1. The SMILES string of the molecule is Cn1c(SCC(=O)N/N=C\c2ccccc2O)nc2ccccc21. The van der Waals surface area contributed by atoms with Crippen molar-refractivity contribution in [3.05, 3.63) is 54.1 Å². The van der Waals surface area contributed by atoms with Gasteiger partial charge >= 0.3 is 0 Å². The van der Waals surface area contributed by atoms with E-state index in [0.717, 1.165) is 16.2 Å². The van der Waals surface area contributed by atoms with Crippen molar-refractivity contribution in [3.63, 3.8) is 0 Å². The zero-order chi connectivity index (χ0) is 16.9. The lowest BCUT2D eigenvalue weighted by Crippen LogP contribution is -2.19. The standard InChI is InChI=1S/C17H16N4O2S/c1-21-14-8-4-3-7-13(14)19-17(21)24-11-16(23)20-18-10-12-6-2-5-9-15(12)22/h2-10,22H,11H2,1H3,(H,20,23)/b18-10-. The van der Waals surface area contributed by atoms with Gasteiger partial charge in [0.15, 0.2) is 5.16 Å². The maximum Gasteiger partial charge on any atom is 0.250 e. The normalized spacial score (nSPS) is 11.2. The highest BCUT2D eigenvalue weighted by Gasteiger charge is 2.09. The van der Waals surface area contributed by atoms with Crippen molar-refractivity contribution in [3.8, 4) is 5.75 Å². The molecule has 1 aromatic heterocycles. The van der Waals surface area contributed by atoms with Gasteiger partial charge in [0.1, 0.15) is 5.75 Å². The maximum absolute atomic E-state index is 11.9. The van der Waals surface area contributed by atoms with Gasteiger partial charge in [0.2, 0.25) is 0 Å². The van der Waals surface area contributed by atoms with Crippen LogP contribution in [0.2, 0.25) is 0 Å². The van der Waals surface area contributed by atoms with Gasteiger partial charge in [-0.3, -0.25) is 4.79 Å². The van der Waals surface area contributed by atoms with Crippen LogP contribution in [0.1, 0.15) is 5.56 Å². The predicted octanol–water partition coefficient (Wildman–Crippen LogP) is 2.52. The van der Waals surface area contributed by atoms with Crippen molar-refractivity contribution in [2.45, 2.75) is 5.16 Å². The second kappa shape index (κ2) is 7.18. The summed E-state index contributed by atoms with van der Waals surface area (Å²) in [5.74, 6) is 0.0817. The van der Waals surface area contributed by atoms with Crippen LogP contribution in [-0.2, 0) is 11.8 Å². The predicted molar refractivity (Wildman–Crippen MR) is 95.3 cm³/mol. The topological polar surface area (TPSA) is 79.5 Å². The Balaban J connectivity index is 1.57. The first-order chi connectivity index (χ1) is 11.6. The number of hydrazone groups is 1. The summed E-state index contributed by atoms with van der Waals surface area (Å²) in [6.45, 7) is 0. The molecule has 0 unspecified atom stereocenters. The van der Waals surface area contributed by atoms with Crippen LogP contribution in [0, 0.1) is 0 Å². The molecule has 0 atom stereocenters. The fourth-order valence-corrected chi connectivity index (χ4v) is 2.97. The van der Waals surface area contributed by atoms with E-state index in [1.165, 1.54) is 18.0 Å². The minimum Gasteiger partial charge on any atom is -0.507 e. The van der Waals surface area contributed by atoms with E-state index in [9.17, 15) is 9.90 Å². The number of phenolic OH excluding ortho intramolecular Hbond substituents is 1. The molecule has 1 amide bonds. The number of hydrogen-bond acceptors (Lipinski definition) is 5. The van der Waals surface area contributed by atoms with Crippen molar-refractivity contribution in [1.29, 1.82) is 0 Å². The van der Waals surface area contributed by atoms with E-state index in [1.54, 1.807) is 24.3 Å². The number of carbonyl (C=O) groups is 1. The summed E-state index contributed by atoms with van der Waals surface area (Å²) in [6, 6.07) is 14.6. The Kier molecular flexibility index (Phi) is 4.81. The average Bonchev–Trinajstić information content (AvgIpc) is 2.91. The molecule has 0 bridgehead atoms. The highest BCUT2D eigenvalue weighted by molar-refractivity contribution is 7.99. The number of imidazole rings is 1. The van der Waals surface area contributed by atoms with E-state index in [-0.39, 0.29) is 17.4 Å². The van der Waals surface area contributed by atoms with E-state index in [4.69, 9.17) is 0 Å². The molecule has 3 aromatic rings. The largest absolute Gasteiger partial charge is 0.507 e. The molecule has 122 valence electrons. The molecular weight excluding hydrogens is 324 g/mol. The summed E-state index contributed by atoms with van der Waals surface area (Å²) in [6.07, 6.45) is 1.41. The number of aromatic hydroxyl groups is 1. The Morgan fingerprint density at radius 2 is 2.04 bits per heavy atom. The number of phenols is 1. The van der Waals surface area contributed by atoms with E-state index < -0.39 is 0 Å². The number of thioether (sulfide) groups is 1. The fourth-order valence-electron chi connectivity index (χ4n) is 2.19. The Morgan fingerprint density at radius 3 is 2.83 bits per heavy atom. The second-order valence-electron chi connectivity index (χ2n) is 5.08. The Hall–Kier alpha value is -2.80. The van der Waals surface area contributed by atoms with Crippen molar-refractivity contribution in [1.82, 2.24) is 15.0 Å². The number of rotatable bonds is 5. The minimum atomic E-state index is -0.237. The molecular formula is C17H16N4O2S. The lowest BCUT2D eigenvalue weighted by Gasteiger charge is -2.02. The van der Waals surface area contributed by atoms with E-state index in [1.807, 2.05) is 35.9 Å². The van der Waals surface area contributed by atoms with Crippen LogP contribution in [0.4, 0.5) is 0 Å². The molecule has 0 saturated carbocycles. The third-order valence-corrected chi connectivity index (χ3v) is 4.44. The summed E-state index contributed by atoms with van der Waals surface area (Å²) in [7, 11) is 1.92. The Labute approximate surface area is 143 Å². The molecule has 0 fully saturated rings. The zero-order valence-corrected chi connectivity index (χ0v) is 13.8. The highest BCUT2D eigenvalue weighted by Crippen LogP contribution is 2.22. The third kappa shape index (κ3) is 3.57. The zero-order valence-electron chi connectivity index (χ0n) is 13.0. The monoisotopic (exact) mass is 340 g/mol. The molecule has 0 aliphatic heterocycles. The molecule has 6 nitrogen and oxygen atoms in total. The first-order valence-electron chi connectivity index (χ1n) is 7.29. The number of amides is 1. The van der Waals surface area contributed by atoms with E-state index in [0.29, 0.717) is 5.56 Å². The van der Waals surface area contributed by atoms with Gasteiger partial charge in [0.05, 0.1) is 23.0 Å². The number of para-hydroxylation sites is 3. The van der Waals surface area contributed by atoms with Crippen LogP contribution in [0.25, 0.3) is 11.0 Å². The molecule has 0 saturated heterocycles. The van der Waals surface area contributed by atoms with Crippen molar-refractivity contribution in [2.75, 3.05) is 5.75 Å². The van der Waals surface area contributed by atoms with Gasteiger partial charge < -0.3 is 9.67 Å². The molecule has 2 aromatic carbocycles. The van der Waals surface area contributed by atoms with E-state index in [2.05, 4.69) is 15.5 Å². The Bertz CT molecular complexity index is 904. The lowest BCUT2D eigenvalue weighted by molar-refractivity contribution is -0.118. The van der Waals surface area contributed by atoms with Crippen LogP contribution in [-0.4, -0.2) is 32.5 Å². The number of fused-ring (bicyclic) bond motifs is 1. The molecule has 1 heterocycles. The smallest absolute Gasteiger partial charge is 0.250 e. The lowest BCUT2D eigenvalue weighted by atomic mass is 10.2. The third-order valence-electron chi connectivity index (χ3n) is 3.41. The summed E-state index contributed by atoms with van der Waals surface area (Å²) in [5, 5.41) is 14.2. The molecule has 3 rings (SSSR count). The van der Waals surface area contributed by atoms with Crippen LogP contribution < -0.4 is 5.43 Å². The molecule has 0 aliphatic rings. The molecule has 2 N–H and O–H groups in total. The number of nitrogens with zero attached hydrogens (tertiary/aromatic N) is 3. The molecule has 0 spiro atoms. The summed E-state index contributed by atoms with van der Waals surface area (Å²) < 4.78 is 1.96. The Morgan fingerprint density at radius 1 is 1.29 bits per heavy atom. The minimum absolute atomic E-state index is 0.115. The fraction of sp³-hybridized carbons (Fsp3) is 0.118. The number of aromatic nitrogens is 2. The molecule has 0 radical (unpaired) electrons. The van der Waals surface area contributed by atoms with Gasteiger partial charge in [-0.2, -0.15) is 5.10 Å². The van der Waals surface area contributed by atoms with Gasteiger partial charge in [0.25, 0.3) is 5.91 Å². The number of aryl methyl sites for hydroxylation is 1. The van der Waals surface area contributed by atoms with Gasteiger partial charge in [-0.15, -0.1) is 0 Å². The first-order valence-corrected chi connectivity index (χ1v) is 8.28. The molecule has 7 heteroatoms. The molecule has 24 heavy (non-hydrogen) atoms. The van der Waals surface area contributed by atoms with Gasteiger partial charge in [0, 0.05) is 12.6 Å². The van der Waals surface area contributed by atoms with Gasteiger partial charge in [-0.05, 0) is 24.3 Å². The number of hydrogen-bond donors (Lipinski definition) is 2. The van der Waals surface area contributed by atoms with Gasteiger partial charge in [-0.1, -0.05) is 36.0 Å². The van der Waals surface area contributed by atoms with E-state index >= 15 is 0 Å². The van der Waals surface area contributed by atoms with Crippen molar-refractivity contribution in [2.24, 2.45) is 12.1 Å². The molecule has 0 aliphatic carbocycles. The van der Waals surface area contributed by atoms with Crippen LogP contribution in [0.3, 0.4) is 0 Å². The van der Waals surface area contributed by atoms with Crippen molar-refractivity contribution < 1.29 is 9.90 Å².